The maximum atomic E-state index is 11.9. The molecule has 0 aromatic heterocycles. The standard InChI is InChI=1S/C19H22N2O/c1-19(2,3)21-18(22)12-20-15-8-9-17-14(11-15)10-13-6-4-5-7-16(13)17/h4-9,11,20H,10,12H2,1-3H3,(H,21,22). The number of benzene rings is 2. The normalized spacial score (nSPS) is 12.5. The molecule has 1 aliphatic rings. The van der Waals surface area contributed by atoms with Crippen LogP contribution < -0.4 is 10.6 Å². The molecule has 1 aliphatic carbocycles. The molecule has 0 heterocycles. The van der Waals surface area contributed by atoms with Gasteiger partial charge < -0.3 is 10.6 Å². The molecular formula is C19H22N2O. The molecule has 0 spiro atoms. The summed E-state index contributed by atoms with van der Waals surface area (Å²) < 4.78 is 0. The smallest absolute Gasteiger partial charge is 0.239 e. The lowest BCUT2D eigenvalue weighted by Gasteiger charge is -2.20. The van der Waals surface area contributed by atoms with E-state index >= 15 is 0 Å². The van der Waals surface area contributed by atoms with Crippen LogP contribution in [0, 0.1) is 0 Å². The molecule has 1 amide bonds. The summed E-state index contributed by atoms with van der Waals surface area (Å²) in [6.45, 7) is 6.25. The van der Waals surface area contributed by atoms with E-state index in [0.717, 1.165) is 12.1 Å². The molecule has 2 aromatic rings. The van der Waals surface area contributed by atoms with Gasteiger partial charge in [-0.15, -0.1) is 0 Å². The van der Waals surface area contributed by atoms with Crippen molar-refractivity contribution in [3.05, 3.63) is 53.6 Å². The fourth-order valence-electron chi connectivity index (χ4n) is 2.90. The predicted molar refractivity (Wildman–Crippen MR) is 91.1 cm³/mol. The second-order valence-corrected chi connectivity index (χ2v) is 6.86. The van der Waals surface area contributed by atoms with E-state index < -0.39 is 0 Å². The molecule has 3 rings (SSSR count). The quantitative estimate of drug-likeness (QED) is 0.775. The molecule has 0 atom stereocenters. The highest BCUT2D eigenvalue weighted by Gasteiger charge is 2.18. The number of carbonyl (C=O) groups excluding carboxylic acids is 1. The zero-order chi connectivity index (χ0) is 15.7. The average Bonchev–Trinajstić information content (AvgIpc) is 2.81. The van der Waals surface area contributed by atoms with E-state index in [2.05, 4.69) is 47.0 Å². The fraction of sp³-hybridized carbons (Fsp3) is 0.316. The number of amides is 1. The van der Waals surface area contributed by atoms with E-state index in [1.807, 2.05) is 26.8 Å². The fourth-order valence-corrected chi connectivity index (χ4v) is 2.90. The molecule has 0 bridgehead atoms. The average molecular weight is 294 g/mol. The van der Waals surface area contributed by atoms with Crippen LogP contribution in [0.5, 0.6) is 0 Å². The summed E-state index contributed by atoms with van der Waals surface area (Å²) in [4.78, 5) is 11.9. The van der Waals surface area contributed by atoms with Gasteiger partial charge in [0, 0.05) is 11.2 Å². The number of rotatable bonds is 3. The van der Waals surface area contributed by atoms with Gasteiger partial charge in [0.15, 0.2) is 0 Å². The maximum absolute atomic E-state index is 11.9. The van der Waals surface area contributed by atoms with Gasteiger partial charge in [-0.1, -0.05) is 30.3 Å². The molecule has 0 unspecified atom stereocenters. The van der Waals surface area contributed by atoms with Gasteiger partial charge >= 0.3 is 0 Å². The van der Waals surface area contributed by atoms with Crippen LogP contribution in [0.4, 0.5) is 5.69 Å². The van der Waals surface area contributed by atoms with Gasteiger partial charge in [-0.3, -0.25) is 4.79 Å². The van der Waals surface area contributed by atoms with Gasteiger partial charge in [-0.2, -0.15) is 0 Å². The van der Waals surface area contributed by atoms with Crippen molar-refractivity contribution in [2.45, 2.75) is 32.7 Å². The van der Waals surface area contributed by atoms with Crippen LogP contribution in [-0.2, 0) is 11.2 Å². The highest BCUT2D eigenvalue weighted by atomic mass is 16.2. The SMILES string of the molecule is CC(C)(C)NC(=O)CNc1ccc2c(c1)Cc1ccccc1-2. The van der Waals surface area contributed by atoms with Crippen LogP contribution >= 0.6 is 0 Å². The molecule has 0 radical (unpaired) electrons. The van der Waals surface area contributed by atoms with Gasteiger partial charge in [0.1, 0.15) is 0 Å². The highest BCUT2D eigenvalue weighted by Crippen LogP contribution is 2.37. The largest absolute Gasteiger partial charge is 0.376 e. The molecule has 0 saturated carbocycles. The lowest BCUT2D eigenvalue weighted by atomic mass is 10.1. The van der Waals surface area contributed by atoms with Crippen LogP contribution in [0.3, 0.4) is 0 Å². The Morgan fingerprint density at radius 2 is 1.77 bits per heavy atom. The van der Waals surface area contributed by atoms with E-state index in [9.17, 15) is 4.79 Å². The van der Waals surface area contributed by atoms with Crippen molar-refractivity contribution in [1.29, 1.82) is 0 Å². The Bertz CT molecular complexity index is 714. The molecular weight excluding hydrogens is 272 g/mol. The Hall–Kier alpha value is -2.29. The Labute approximate surface area is 131 Å². The molecule has 3 nitrogen and oxygen atoms in total. The summed E-state index contributed by atoms with van der Waals surface area (Å²) in [5.74, 6) is 0.0104. The van der Waals surface area contributed by atoms with Crippen LogP contribution in [0.2, 0.25) is 0 Å². The van der Waals surface area contributed by atoms with E-state index in [1.54, 1.807) is 0 Å². The van der Waals surface area contributed by atoms with Gasteiger partial charge in [0.25, 0.3) is 0 Å². The second-order valence-electron chi connectivity index (χ2n) is 6.86. The summed E-state index contributed by atoms with van der Waals surface area (Å²) in [5, 5.41) is 6.17. The van der Waals surface area contributed by atoms with Crippen LogP contribution in [-0.4, -0.2) is 18.0 Å². The van der Waals surface area contributed by atoms with Gasteiger partial charge in [-0.25, -0.2) is 0 Å². The molecule has 0 fully saturated rings. The molecule has 22 heavy (non-hydrogen) atoms. The number of hydrogen-bond acceptors (Lipinski definition) is 2. The molecule has 114 valence electrons. The molecule has 0 aliphatic heterocycles. The zero-order valence-electron chi connectivity index (χ0n) is 13.4. The minimum atomic E-state index is -0.196. The lowest BCUT2D eigenvalue weighted by Crippen LogP contribution is -2.43. The van der Waals surface area contributed by atoms with Gasteiger partial charge in [0.2, 0.25) is 5.91 Å². The van der Waals surface area contributed by atoms with E-state index in [0.29, 0.717) is 6.54 Å². The summed E-state index contributed by atoms with van der Waals surface area (Å²) in [5.41, 5.74) is 6.13. The van der Waals surface area contributed by atoms with Crippen LogP contribution in [0.25, 0.3) is 11.1 Å². The van der Waals surface area contributed by atoms with Crippen molar-refractivity contribution in [2.24, 2.45) is 0 Å². The number of hydrogen-bond donors (Lipinski definition) is 2. The second kappa shape index (κ2) is 5.48. The Kier molecular flexibility index (Phi) is 3.65. The summed E-state index contributed by atoms with van der Waals surface area (Å²) in [7, 11) is 0. The Morgan fingerprint density at radius 3 is 2.55 bits per heavy atom. The van der Waals surface area contributed by atoms with Crippen molar-refractivity contribution < 1.29 is 4.79 Å². The lowest BCUT2D eigenvalue weighted by molar-refractivity contribution is -0.120. The first kappa shape index (κ1) is 14.6. The summed E-state index contributed by atoms with van der Waals surface area (Å²) >= 11 is 0. The third kappa shape index (κ3) is 3.14. The third-order valence-corrected chi connectivity index (χ3v) is 3.76. The zero-order valence-corrected chi connectivity index (χ0v) is 13.4. The molecule has 3 heteroatoms. The summed E-state index contributed by atoms with van der Waals surface area (Å²) in [6, 6.07) is 14.9. The molecule has 2 aromatic carbocycles. The van der Waals surface area contributed by atoms with Crippen molar-refractivity contribution >= 4 is 11.6 Å². The van der Waals surface area contributed by atoms with Crippen molar-refractivity contribution in [2.75, 3.05) is 11.9 Å². The van der Waals surface area contributed by atoms with Crippen molar-refractivity contribution in [3.63, 3.8) is 0 Å². The predicted octanol–water partition coefficient (Wildman–Crippen LogP) is 3.58. The molecule has 2 N–H and O–H groups in total. The summed E-state index contributed by atoms with van der Waals surface area (Å²) in [6.07, 6.45) is 0.967. The van der Waals surface area contributed by atoms with Crippen molar-refractivity contribution in [1.82, 2.24) is 5.32 Å². The first-order chi connectivity index (χ1) is 10.4. The van der Waals surface area contributed by atoms with Crippen molar-refractivity contribution in [3.8, 4) is 11.1 Å². The first-order valence-corrected chi connectivity index (χ1v) is 7.68. The number of anilines is 1. The Morgan fingerprint density at radius 1 is 1.05 bits per heavy atom. The van der Waals surface area contributed by atoms with Crippen LogP contribution in [0.1, 0.15) is 31.9 Å². The number of nitrogens with one attached hydrogen (secondary N) is 2. The third-order valence-electron chi connectivity index (χ3n) is 3.76. The Balaban J connectivity index is 1.69. The molecule has 0 saturated heterocycles. The highest BCUT2D eigenvalue weighted by molar-refractivity contribution is 5.82. The maximum Gasteiger partial charge on any atom is 0.239 e. The van der Waals surface area contributed by atoms with E-state index in [1.165, 1.54) is 22.3 Å². The van der Waals surface area contributed by atoms with Gasteiger partial charge in [0.05, 0.1) is 6.54 Å². The number of carbonyl (C=O) groups is 1. The topological polar surface area (TPSA) is 41.1 Å². The minimum absolute atomic E-state index is 0.0104. The van der Waals surface area contributed by atoms with E-state index in [-0.39, 0.29) is 11.4 Å². The van der Waals surface area contributed by atoms with E-state index in [4.69, 9.17) is 0 Å². The monoisotopic (exact) mass is 294 g/mol. The van der Waals surface area contributed by atoms with Crippen LogP contribution in [0.15, 0.2) is 42.5 Å². The van der Waals surface area contributed by atoms with Gasteiger partial charge in [-0.05, 0) is 61.6 Å². The first-order valence-electron chi connectivity index (χ1n) is 7.68. The number of fused-ring (bicyclic) bond motifs is 3. The minimum Gasteiger partial charge on any atom is -0.376 e.